The Hall–Kier alpha value is -2.57. The lowest BCUT2D eigenvalue weighted by molar-refractivity contribution is 0.108. The molecular formula is C22H29N3O3. The van der Waals surface area contributed by atoms with Gasteiger partial charge in [0.15, 0.2) is 0 Å². The molecule has 0 radical (unpaired) electrons. The van der Waals surface area contributed by atoms with Crippen LogP contribution in [0.3, 0.4) is 0 Å². The van der Waals surface area contributed by atoms with E-state index < -0.39 is 6.10 Å². The second-order valence-electron chi connectivity index (χ2n) is 7.31. The van der Waals surface area contributed by atoms with Crippen LogP contribution in [0.2, 0.25) is 0 Å². The summed E-state index contributed by atoms with van der Waals surface area (Å²) in [4.78, 5) is 12.0. The van der Waals surface area contributed by atoms with Gasteiger partial charge in [-0.05, 0) is 48.7 Å². The number of aliphatic hydroxyl groups excluding tert-OH is 1. The Bertz CT molecular complexity index is 989. The number of hydrogen-bond donors (Lipinski definition) is 2. The number of ether oxygens (including phenoxy) is 1. The van der Waals surface area contributed by atoms with Gasteiger partial charge in [-0.1, -0.05) is 25.1 Å². The van der Waals surface area contributed by atoms with Crippen molar-refractivity contribution in [3.63, 3.8) is 0 Å². The summed E-state index contributed by atoms with van der Waals surface area (Å²) < 4.78 is 8.93. The maximum Gasteiger partial charge on any atom is 0.328 e. The first kappa shape index (κ1) is 20.2. The Morgan fingerprint density at radius 1 is 1.07 bits per heavy atom. The molecule has 3 aromatic rings. The Labute approximate surface area is 165 Å². The molecule has 1 aromatic heterocycles. The molecule has 6 heteroatoms. The van der Waals surface area contributed by atoms with Crippen LogP contribution in [0, 0.1) is 0 Å². The van der Waals surface area contributed by atoms with Gasteiger partial charge in [0.2, 0.25) is 0 Å². The summed E-state index contributed by atoms with van der Waals surface area (Å²) in [6.45, 7) is 5.31. The number of benzene rings is 2. The van der Waals surface area contributed by atoms with Gasteiger partial charge in [0.1, 0.15) is 18.5 Å². The third-order valence-electron chi connectivity index (χ3n) is 5.28. The van der Waals surface area contributed by atoms with Gasteiger partial charge in [0.25, 0.3) is 0 Å². The van der Waals surface area contributed by atoms with Crippen LogP contribution in [0.4, 0.5) is 0 Å². The number of imidazole rings is 1. The van der Waals surface area contributed by atoms with Crippen LogP contribution < -0.4 is 15.7 Å². The molecule has 0 spiro atoms. The van der Waals surface area contributed by atoms with E-state index in [0.29, 0.717) is 6.04 Å². The number of aliphatic hydroxyl groups is 1. The van der Waals surface area contributed by atoms with Crippen molar-refractivity contribution < 1.29 is 9.84 Å². The minimum atomic E-state index is -0.772. The number of hydrogen-bond acceptors (Lipinski definition) is 4. The Balaban J connectivity index is 1.62. The highest BCUT2D eigenvalue weighted by atomic mass is 16.5. The molecule has 0 aliphatic rings. The van der Waals surface area contributed by atoms with E-state index in [1.54, 1.807) is 23.2 Å². The number of rotatable bonds is 8. The number of aryl methyl sites for hydroxylation is 2. The summed E-state index contributed by atoms with van der Waals surface area (Å²) >= 11 is 0. The van der Waals surface area contributed by atoms with Crippen molar-refractivity contribution in [2.75, 3.05) is 6.61 Å². The van der Waals surface area contributed by atoms with Gasteiger partial charge in [0.05, 0.1) is 11.0 Å². The lowest BCUT2D eigenvalue weighted by Gasteiger charge is -2.14. The molecule has 0 bridgehead atoms. The van der Waals surface area contributed by atoms with E-state index in [0.717, 1.165) is 35.3 Å². The van der Waals surface area contributed by atoms with E-state index in [2.05, 4.69) is 19.2 Å². The molecule has 150 valence electrons. The molecule has 2 aromatic carbocycles. The molecule has 1 heterocycles. The zero-order valence-electron chi connectivity index (χ0n) is 17.0. The molecule has 0 saturated heterocycles. The van der Waals surface area contributed by atoms with E-state index in [-0.39, 0.29) is 12.3 Å². The maximum atomic E-state index is 12.0. The third-order valence-corrected chi connectivity index (χ3v) is 5.28. The summed E-state index contributed by atoms with van der Waals surface area (Å²) in [5.74, 6) is 0.722. The summed E-state index contributed by atoms with van der Waals surface area (Å²) in [5, 5.41) is 14.0. The minimum Gasteiger partial charge on any atom is -0.491 e. The molecular weight excluding hydrogens is 354 g/mol. The summed E-state index contributed by atoms with van der Waals surface area (Å²) in [5.41, 5.74) is 3.47. The average molecular weight is 383 g/mol. The van der Waals surface area contributed by atoms with E-state index in [9.17, 15) is 9.90 Å². The van der Waals surface area contributed by atoms with Crippen molar-refractivity contribution in [3.05, 3.63) is 64.1 Å². The second-order valence-corrected chi connectivity index (χ2v) is 7.31. The monoisotopic (exact) mass is 383 g/mol. The highest BCUT2D eigenvalue weighted by Crippen LogP contribution is 2.21. The fraction of sp³-hybridized carbons (Fsp3) is 0.409. The van der Waals surface area contributed by atoms with Crippen molar-refractivity contribution in [1.29, 1.82) is 0 Å². The van der Waals surface area contributed by atoms with Crippen LogP contribution in [0.25, 0.3) is 11.0 Å². The standard InChI is InChI=1S/C22H29N3O3/c1-5-15(2)23-13-16-6-9-18(10-7-16)28-14-21(26)17-8-11-19-20(12-17)25(4)22(27)24(19)3/h6-12,15,21,23,26H,5,13-14H2,1-4H3. The zero-order chi connectivity index (χ0) is 20.3. The minimum absolute atomic E-state index is 0.0826. The fourth-order valence-corrected chi connectivity index (χ4v) is 3.14. The molecule has 0 saturated carbocycles. The van der Waals surface area contributed by atoms with Gasteiger partial charge >= 0.3 is 5.69 Å². The Kier molecular flexibility index (Phi) is 6.21. The molecule has 0 fully saturated rings. The molecule has 2 N–H and O–H groups in total. The number of nitrogens with zero attached hydrogens (tertiary/aromatic N) is 2. The van der Waals surface area contributed by atoms with Crippen LogP contribution >= 0.6 is 0 Å². The first-order valence-corrected chi connectivity index (χ1v) is 9.69. The number of nitrogens with one attached hydrogen (secondary N) is 1. The summed E-state index contributed by atoms with van der Waals surface area (Å²) in [7, 11) is 3.47. The first-order valence-electron chi connectivity index (χ1n) is 9.69. The van der Waals surface area contributed by atoms with Crippen molar-refractivity contribution in [2.24, 2.45) is 14.1 Å². The van der Waals surface area contributed by atoms with Crippen LogP contribution in [-0.2, 0) is 20.6 Å². The van der Waals surface area contributed by atoms with Crippen molar-refractivity contribution in [1.82, 2.24) is 14.5 Å². The zero-order valence-corrected chi connectivity index (χ0v) is 17.0. The topological polar surface area (TPSA) is 68.4 Å². The van der Waals surface area contributed by atoms with Crippen LogP contribution in [0.15, 0.2) is 47.3 Å². The van der Waals surface area contributed by atoms with Gasteiger partial charge in [-0.25, -0.2) is 4.79 Å². The van der Waals surface area contributed by atoms with Crippen molar-refractivity contribution in [2.45, 2.75) is 39.0 Å². The van der Waals surface area contributed by atoms with Crippen LogP contribution in [-0.4, -0.2) is 26.9 Å². The quantitative estimate of drug-likeness (QED) is 0.628. The highest BCUT2D eigenvalue weighted by molar-refractivity contribution is 5.76. The predicted molar refractivity (Wildman–Crippen MR) is 112 cm³/mol. The highest BCUT2D eigenvalue weighted by Gasteiger charge is 2.13. The normalized spacial score (nSPS) is 13.6. The van der Waals surface area contributed by atoms with Crippen LogP contribution in [0.1, 0.15) is 37.5 Å². The van der Waals surface area contributed by atoms with Gasteiger partial charge < -0.3 is 15.2 Å². The van der Waals surface area contributed by atoms with Crippen molar-refractivity contribution in [3.8, 4) is 5.75 Å². The fourth-order valence-electron chi connectivity index (χ4n) is 3.14. The lowest BCUT2D eigenvalue weighted by atomic mass is 10.1. The first-order chi connectivity index (χ1) is 13.4. The maximum absolute atomic E-state index is 12.0. The van der Waals surface area contributed by atoms with E-state index in [1.165, 1.54) is 5.56 Å². The summed E-state index contributed by atoms with van der Waals surface area (Å²) in [6, 6.07) is 13.9. The molecule has 2 atom stereocenters. The van der Waals surface area contributed by atoms with E-state index in [4.69, 9.17) is 4.74 Å². The lowest BCUT2D eigenvalue weighted by Crippen LogP contribution is -2.24. The van der Waals surface area contributed by atoms with Gasteiger partial charge in [-0.15, -0.1) is 0 Å². The molecule has 0 aliphatic heterocycles. The smallest absolute Gasteiger partial charge is 0.328 e. The summed E-state index contributed by atoms with van der Waals surface area (Å²) in [6.07, 6.45) is 0.327. The molecule has 0 aliphatic carbocycles. The van der Waals surface area contributed by atoms with E-state index >= 15 is 0 Å². The second kappa shape index (κ2) is 8.63. The average Bonchev–Trinajstić information content (AvgIpc) is 2.94. The largest absolute Gasteiger partial charge is 0.491 e. The number of fused-ring (bicyclic) bond motifs is 1. The van der Waals surface area contributed by atoms with Gasteiger partial charge in [-0.3, -0.25) is 9.13 Å². The Morgan fingerprint density at radius 3 is 2.43 bits per heavy atom. The van der Waals surface area contributed by atoms with Crippen LogP contribution in [0.5, 0.6) is 5.75 Å². The predicted octanol–water partition coefficient (Wildman–Crippen LogP) is 2.88. The van der Waals surface area contributed by atoms with Gasteiger partial charge in [-0.2, -0.15) is 0 Å². The Morgan fingerprint density at radius 2 is 1.75 bits per heavy atom. The molecule has 0 amide bonds. The third kappa shape index (κ3) is 4.29. The SMILES string of the molecule is CCC(C)NCc1ccc(OCC(O)c2ccc3c(c2)n(C)c(=O)n3C)cc1. The molecule has 3 rings (SSSR count). The number of aromatic nitrogens is 2. The molecule has 28 heavy (non-hydrogen) atoms. The molecule has 2 unspecified atom stereocenters. The van der Waals surface area contributed by atoms with Gasteiger partial charge in [0, 0.05) is 26.7 Å². The molecule has 6 nitrogen and oxygen atoms in total. The van der Waals surface area contributed by atoms with Crippen molar-refractivity contribution >= 4 is 11.0 Å². The van der Waals surface area contributed by atoms with E-state index in [1.807, 2.05) is 42.5 Å².